The maximum Gasteiger partial charge on any atom is 0.339 e. The smallest absolute Gasteiger partial charge is 0.339 e. The zero-order valence-corrected chi connectivity index (χ0v) is 12.4. The van der Waals surface area contributed by atoms with E-state index in [4.69, 9.17) is 9.47 Å². The number of carboxylic acid groups (broad SMARTS) is 1. The van der Waals surface area contributed by atoms with Gasteiger partial charge in [-0.1, -0.05) is 24.3 Å². The third-order valence-electron chi connectivity index (χ3n) is 3.91. The Morgan fingerprint density at radius 3 is 2.46 bits per heavy atom. The number of hydrogen-bond donors (Lipinski definition) is 5. The van der Waals surface area contributed by atoms with Gasteiger partial charge in [-0.25, -0.2) is 4.79 Å². The Balaban J connectivity index is 2.03. The molecule has 24 heavy (non-hydrogen) atoms. The molecule has 0 bridgehead atoms. The number of hydrogen-bond acceptors (Lipinski definition) is 7. The lowest BCUT2D eigenvalue weighted by molar-refractivity contribution is -0.241. The van der Waals surface area contributed by atoms with Crippen molar-refractivity contribution in [3.05, 3.63) is 35.9 Å². The van der Waals surface area contributed by atoms with Crippen molar-refractivity contribution in [2.45, 2.75) is 24.6 Å². The van der Waals surface area contributed by atoms with E-state index < -0.39 is 36.3 Å². The number of rotatable bonds is 3. The Kier molecular flexibility index (Phi) is 4.29. The van der Waals surface area contributed by atoms with Gasteiger partial charge in [0.2, 0.25) is 6.29 Å². The Hall–Kier alpha value is -2.39. The van der Waals surface area contributed by atoms with Crippen LogP contribution in [0.25, 0.3) is 10.8 Å². The highest BCUT2D eigenvalue weighted by Gasteiger charge is 2.39. The summed E-state index contributed by atoms with van der Waals surface area (Å²) >= 11 is 0. The molecule has 2 aromatic carbocycles. The molecule has 0 unspecified atom stereocenters. The van der Waals surface area contributed by atoms with Crippen molar-refractivity contribution >= 4 is 16.7 Å². The van der Waals surface area contributed by atoms with Gasteiger partial charge in [-0.3, -0.25) is 0 Å². The highest BCUT2D eigenvalue weighted by atomic mass is 16.7. The summed E-state index contributed by atoms with van der Waals surface area (Å²) in [7, 11) is 0. The van der Waals surface area contributed by atoms with Crippen molar-refractivity contribution < 1.29 is 39.8 Å². The zero-order valence-electron chi connectivity index (χ0n) is 12.4. The average Bonchev–Trinajstić information content (AvgIpc) is 2.57. The van der Waals surface area contributed by atoms with Crippen LogP contribution in [0.1, 0.15) is 10.4 Å². The highest BCUT2D eigenvalue weighted by molar-refractivity contribution is 6.03. The second kappa shape index (κ2) is 6.25. The van der Waals surface area contributed by atoms with E-state index in [9.17, 15) is 30.3 Å². The maximum atomic E-state index is 11.3. The van der Waals surface area contributed by atoms with Gasteiger partial charge < -0.3 is 35.0 Å². The lowest BCUT2D eigenvalue weighted by atomic mass is 10.0. The van der Waals surface area contributed by atoms with Crippen LogP contribution in [0.15, 0.2) is 30.3 Å². The van der Waals surface area contributed by atoms with Crippen molar-refractivity contribution in [3.63, 3.8) is 0 Å². The van der Waals surface area contributed by atoms with E-state index in [1.807, 2.05) is 0 Å². The molecule has 0 spiro atoms. The molecule has 0 amide bonds. The number of aliphatic hydroxyl groups excluding tert-OH is 3. The van der Waals surface area contributed by atoms with Crippen LogP contribution in [-0.2, 0) is 4.74 Å². The van der Waals surface area contributed by atoms with E-state index in [1.165, 1.54) is 6.07 Å². The van der Waals surface area contributed by atoms with Crippen molar-refractivity contribution in [2.24, 2.45) is 0 Å². The van der Waals surface area contributed by atoms with Gasteiger partial charge in [0.15, 0.2) is 0 Å². The third-order valence-corrected chi connectivity index (χ3v) is 3.91. The van der Waals surface area contributed by atoms with Crippen molar-refractivity contribution in [1.82, 2.24) is 0 Å². The number of carbonyl (C=O) groups is 1. The van der Waals surface area contributed by atoms with Gasteiger partial charge in [0.1, 0.15) is 35.4 Å². The minimum absolute atomic E-state index is 0.0634. The van der Waals surface area contributed by atoms with Crippen molar-refractivity contribution in [1.29, 1.82) is 0 Å². The molecule has 1 fully saturated rings. The second-order valence-electron chi connectivity index (χ2n) is 5.49. The van der Waals surface area contributed by atoms with Crippen LogP contribution in [0.2, 0.25) is 0 Å². The van der Waals surface area contributed by atoms with Crippen LogP contribution in [-0.4, -0.2) is 62.7 Å². The summed E-state index contributed by atoms with van der Waals surface area (Å²) in [6.07, 6.45) is -5.51. The van der Waals surface area contributed by atoms with Crippen LogP contribution in [0.3, 0.4) is 0 Å². The van der Waals surface area contributed by atoms with E-state index in [-0.39, 0.29) is 23.3 Å². The lowest BCUT2D eigenvalue weighted by Crippen LogP contribution is -2.54. The number of aromatic carboxylic acids is 1. The normalized spacial score (nSPS) is 27.1. The number of benzene rings is 2. The number of carboxylic acids is 1. The summed E-state index contributed by atoms with van der Waals surface area (Å²) in [6, 6.07) is 7.56. The molecule has 0 aromatic heterocycles. The molecular formula is C16H16O8. The topological polar surface area (TPSA) is 137 Å². The Bertz CT molecular complexity index is 774. The fourth-order valence-electron chi connectivity index (χ4n) is 2.60. The van der Waals surface area contributed by atoms with Gasteiger partial charge in [0.25, 0.3) is 0 Å². The molecule has 1 aliphatic heterocycles. The van der Waals surface area contributed by atoms with Crippen LogP contribution < -0.4 is 4.74 Å². The first-order chi connectivity index (χ1) is 11.4. The minimum Gasteiger partial charge on any atom is -0.506 e. The predicted molar refractivity (Wildman–Crippen MR) is 81.0 cm³/mol. The fraction of sp³-hybridized carbons (Fsp3) is 0.312. The minimum atomic E-state index is -1.52. The van der Waals surface area contributed by atoms with E-state index >= 15 is 0 Å². The van der Waals surface area contributed by atoms with Crippen molar-refractivity contribution in [2.75, 3.05) is 6.61 Å². The summed E-state index contributed by atoms with van der Waals surface area (Å²) < 4.78 is 10.7. The summed E-state index contributed by atoms with van der Waals surface area (Å²) in [5.41, 5.74) is -0.366. The summed E-state index contributed by atoms with van der Waals surface area (Å²) in [6.45, 7) is -0.245. The van der Waals surface area contributed by atoms with Crippen LogP contribution in [0, 0.1) is 0 Å². The molecule has 2 aromatic rings. The van der Waals surface area contributed by atoms with E-state index in [0.29, 0.717) is 5.39 Å². The zero-order chi connectivity index (χ0) is 17.4. The predicted octanol–water partition coefficient (Wildman–Crippen LogP) is 0.0614. The third kappa shape index (κ3) is 2.76. The van der Waals surface area contributed by atoms with E-state index in [0.717, 1.165) is 6.07 Å². The first-order valence-corrected chi connectivity index (χ1v) is 7.20. The summed E-state index contributed by atoms with van der Waals surface area (Å²) in [5.74, 6) is -1.68. The first-order valence-electron chi connectivity index (χ1n) is 7.20. The molecular weight excluding hydrogens is 320 g/mol. The summed E-state index contributed by atoms with van der Waals surface area (Å²) in [5, 5.41) is 49.1. The number of aliphatic hydroxyl groups is 3. The van der Waals surface area contributed by atoms with Crippen molar-refractivity contribution in [3.8, 4) is 11.5 Å². The second-order valence-corrected chi connectivity index (χ2v) is 5.49. The Morgan fingerprint density at radius 1 is 1.12 bits per heavy atom. The lowest BCUT2D eigenvalue weighted by Gasteiger charge is -2.35. The van der Waals surface area contributed by atoms with Gasteiger partial charge in [0, 0.05) is 10.8 Å². The molecule has 1 aliphatic rings. The van der Waals surface area contributed by atoms with E-state index in [1.54, 1.807) is 18.2 Å². The average molecular weight is 336 g/mol. The van der Waals surface area contributed by atoms with Crippen LogP contribution in [0.4, 0.5) is 0 Å². The largest absolute Gasteiger partial charge is 0.506 e. The maximum absolute atomic E-state index is 11.3. The molecule has 8 heteroatoms. The molecule has 8 nitrogen and oxygen atoms in total. The van der Waals surface area contributed by atoms with E-state index in [2.05, 4.69) is 0 Å². The summed E-state index contributed by atoms with van der Waals surface area (Å²) in [4.78, 5) is 11.3. The van der Waals surface area contributed by atoms with Gasteiger partial charge in [-0.2, -0.15) is 0 Å². The highest BCUT2D eigenvalue weighted by Crippen LogP contribution is 2.37. The molecule has 5 N–H and O–H groups in total. The number of ether oxygens (including phenoxy) is 2. The van der Waals surface area contributed by atoms with Crippen LogP contribution >= 0.6 is 0 Å². The molecule has 0 aliphatic carbocycles. The quantitative estimate of drug-likeness (QED) is 0.531. The van der Waals surface area contributed by atoms with Crippen LogP contribution in [0.5, 0.6) is 11.5 Å². The molecule has 3 rings (SSSR count). The monoisotopic (exact) mass is 336 g/mol. The number of aromatic hydroxyl groups is 1. The van der Waals surface area contributed by atoms with Gasteiger partial charge in [-0.05, 0) is 6.07 Å². The molecule has 1 saturated heterocycles. The first kappa shape index (κ1) is 16.5. The number of fused-ring (bicyclic) bond motifs is 1. The molecule has 0 saturated carbocycles. The Labute approximate surface area is 136 Å². The molecule has 1 heterocycles. The number of phenols is 1. The molecule has 4 atom stereocenters. The molecule has 128 valence electrons. The van der Waals surface area contributed by atoms with Gasteiger partial charge in [0.05, 0.1) is 6.61 Å². The van der Waals surface area contributed by atoms with Gasteiger partial charge in [-0.15, -0.1) is 0 Å². The molecule has 0 radical (unpaired) electrons. The Morgan fingerprint density at radius 2 is 1.79 bits per heavy atom. The standard InChI is InChI=1S/C16H16O8/c17-10-6-23-16(14(20)13(10)19)24-11-5-9(15(21)22)12(18)8-4-2-1-3-7(8)11/h1-5,10,13-14,16-20H,6H2,(H,21,22)/t10-,13+,14-,16+/m1/s1. The van der Waals surface area contributed by atoms with Gasteiger partial charge >= 0.3 is 5.97 Å². The SMILES string of the molecule is O=C(O)c1cc(O[C@@H]2OC[C@@H](O)[C@H](O)[C@H]2O)c2ccccc2c1O. The fourth-order valence-corrected chi connectivity index (χ4v) is 2.60.